The summed E-state index contributed by atoms with van der Waals surface area (Å²) in [6, 6.07) is 2.18. The van der Waals surface area contributed by atoms with Gasteiger partial charge in [-0.2, -0.15) is 0 Å². The van der Waals surface area contributed by atoms with Crippen LogP contribution >= 0.6 is 0 Å². The van der Waals surface area contributed by atoms with Crippen LogP contribution < -0.4 is 10.5 Å². The highest BCUT2D eigenvalue weighted by Gasteiger charge is 2.36. The Balaban J connectivity index is 2.32. The van der Waals surface area contributed by atoms with Crippen LogP contribution in [-0.2, 0) is 10.0 Å². The number of benzene rings is 1. The first-order valence-corrected chi connectivity index (χ1v) is 8.70. The van der Waals surface area contributed by atoms with Gasteiger partial charge in [0.05, 0.1) is 0 Å². The van der Waals surface area contributed by atoms with Gasteiger partial charge in [0.1, 0.15) is 10.7 Å². The van der Waals surface area contributed by atoms with Crippen molar-refractivity contribution in [3.63, 3.8) is 0 Å². The van der Waals surface area contributed by atoms with Crippen LogP contribution in [0.4, 0.5) is 10.1 Å². The zero-order valence-corrected chi connectivity index (χ0v) is 13.6. The average Bonchev–Trinajstić information content (AvgIpc) is 2.36. The SMILES string of the molecule is Cc1cc(F)c(S(=O)(=O)NC2CCCCC2(C)C)cc1N. The van der Waals surface area contributed by atoms with Crippen molar-refractivity contribution in [1.29, 1.82) is 0 Å². The fraction of sp³-hybridized carbons (Fsp3) is 0.600. The van der Waals surface area contributed by atoms with E-state index in [0.717, 1.165) is 31.7 Å². The monoisotopic (exact) mass is 314 g/mol. The first-order chi connectivity index (χ1) is 9.63. The standard InChI is InChI=1S/C15H23FN2O2S/c1-10-8-11(16)13(9-12(10)17)21(19,20)18-14-6-4-5-7-15(14,2)3/h8-9,14,18H,4-7,17H2,1-3H3. The second kappa shape index (κ2) is 5.57. The number of anilines is 1. The molecule has 1 aromatic rings. The number of nitrogens with two attached hydrogens (primary N) is 1. The zero-order chi connectivity index (χ0) is 15.8. The van der Waals surface area contributed by atoms with Crippen LogP contribution in [0.25, 0.3) is 0 Å². The van der Waals surface area contributed by atoms with Crippen LogP contribution in [-0.4, -0.2) is 14.5 Å². The van der Waals surface area contributed by atoms with Gasteiger partial charge in [0.25, 0.3) is 0 Å². The highest BCUT2D eigenvalue weighted by molar-refractivity contribution is 7.89. The van der Waals surface area contributed by atoms with Gasteiger partial charge >= 0.3 is 0 Å². The molecule has 2 rings (SSSR count). The summed E-state index contributed by atoms with van der Waals surface area (Å²) in [7, 11) is -3.91. The van der Waals surface area contributed by atoms with Crippen molar-refractivity contribution in [2.45, 2.75) is 57.4 Å². The lowest BCUT2D eigenvalue weighted by atomic mass is 9.74. The van der Waals surface area contributed by atoms with E-state index in [0.29, 0.717) is 5.56 Å². The maximum atomic E-state index is 14.0. The molecule has 1 aromatic carbocycles. The van der Waals surface area contributed by atoms with E-state index >= 15 is 0 Å². The van der Waals surface area contributed by atoms with E-state index in [4.69, 9.17) is 5.73 Å². The van der Waals surface area contributed by atoms with Crippen molar-refractivity contribution in [3.05, 3.63) is 23.5 Å². The molecule has 3 N–H and O–H groups in total. The summed E-state index contributed by atoms with van der Waals surface area (Å²) >= 11 is 0. The predicted molar refractivity (Wildman–Crippen MR) is 81.9 cm³/mol. The Morgan fingerprint density at radius 1 is 1.33 bits per heavy atom. The van der Waals surface area contributed by atoms with Crippen LogP contribution in [0.2, 0.25) is 0 Å². The maximum absolute atomic E-state index is 14.0. The zero-order valence-electron chi connectivity index (χ0n) is 12.7. The lowest BCUT2D eigenvalue weighted by Gasteiger charge is -2.38. The molecule has 0 bridgehead atoms. The molecular weight excluding hydrogens is 291 g/mol. The normalized spacial score (nSPS) is 22.2. The molecule has 0 amide bonds. The molecule has 118 valence electrons. The predicted octanol–water partition coefficient (Wildman–Crippen LogP) is 2.96. The highest BCUT2D eigenvalue weighted by atomic mass is 32.2. The first-order valence-electron chi connectivity index (χ1n) is 7.21. The summed E-state index contributed by atoms with van der Waals surface area (Å²) in [5, 5.41) is 0. The lowest BCUT2D eigenvalue weighted by molar-refractivity contribution is 0.188. The maximum Gasteiger partial charge on any atom is 0.243 e. The van der Waals surface area contributed by atoms with Crippen LogP contribution in [0.1, 0.15) is 45.1 Å². The third kappa shape index (κ3) is 3.37. The van der Waals surface area contributed by atoms with Crippen LogP contribution in [0.15, 0.2) is 17.0 Å². The van der Waals surface area contributed by atoms with E-state index in [2.05, 4.69) is 4.72 Å². The largest absolute Gasteiger partial charge is 0.398 e. The van der Waals surface area contributed by atoms with E-state index in [-0.39, 0.29) is 22.0 Å². The number of aryl methyl sites for hydroxylation is 1. The summed E-state index contributed by atoms with van der Waals surface area (Å²) in [6.07, 6.45) is 3.81. The second-order valence-corrected chi connectivity index (χ2v) is 8.23. The molecule has 1 aliphatic carbocycles. The summed E-state index contributed by atoms with van der Waals surface area (Å²) < 4.78 is 41.6. The topological polar surface area (TPSA) is 72.2 Å². The molecule has 1 fully saturated rings. The molecule has 1 atom stereocenters. The van der Waals surface area contributed by atoms with Gasteiger partial charge in [-0.15, -0.1) is 0 Å². The molecule has 0 heterocycles. The number of nitrogens with one attached hydrogen (secondary N) is 1. The molecule has 0 saturated heterocycles. The Morgan fingerprint density at radius 2 is 2.00 bits per heavy atom. The molecule has 0 aromatic heterocycles. The Kier molecular flexibility index (Phi) is 4.31. The molecule has 4 nitrogen and oxygen atoms in total. The van der Waals surface area contributed by atoms with Gasteiger partial charge < -0.3 is 5.73 Å². The summed E-state index contributed by atoms with van der Waals surface area (Å²) in [4.78, 5) is -0.369. The van der Waals surface area contributed by atoms with E-state index in [1.54, 1.807) is 6.92 Å². The van der Waals surface area contributed by atoms with Crippen LogP contribution in [0.3, 0.4) is 0 Å². The highest BCUT2D eigenvalue weighted by Crippen LogP contribution is 2.36. The van der Waals surface area contributed by atoms with Crippen molar-refractivity contribution in [3.8, 4) is 0 Å². The lowest BCUT2D eigenvalue weighted by Crippen LogP contribution is -2.46. The van der Waals surface area contributed by atoms with Gasteiger partial charge in [-0.1, -0.05) is 26.7 Å². The molecule has 6 heteroatoms. The molecular formula is C15H23FN2O2S. The minimum Gasteiger partial charge on any atom is -0.398 e. The van der Waals surface area contributed by atoms with Gasteiger partial charge in [-0.05, 0) is 42.9 Å². The Bertz CT molecular complexity index is 641. The Labute approximate surface area is 126 Å². The Hall–Kier alpha value is -1.14. The van der Waals surface area contributed by atoms with Gasteiger partial charge in [0, 0.05) is 11.7 Å². The first kappa shape index (κ1) is 16.2. The van der Waals surface area contributed by atoms with E-state index in [1.807, 2.05) is 13.8 Å². The summed E-state index contributed by atoms with van der Waals surface area (Å²) in [5.41, 5.74) is 6.40. The van der Waals surface area contributed by atoms with Gasteiger partial charge in [0.2, 0.25) is 10.0 Å². The number of nitrogen functional groups attached to an aromatic ring is 1. The van der Waals surface area contributed by atoms with Gasteiger partial charge in [-0.25, -0.2) is 17.5 Å². The summed E-state index contributed by atoms with van der Waals surface area (Å²) in [6.45, 7) is 5.73. The minimum absolute atomic E-state index is 0.127. The number of rotatable bonds is 3. The van der Waals surface area contributed by atoms with Crippen molar-refractivity contribution < 1.29 is 12.8 Å². The molecule has 21 heavy (non-hydrogen) atoms. The van der Waals surface area contributed by atoms with Crippen molar-refractivity contribution in [1.82, 2.24) is 4.72 Å². The molecule has 0 aliphatic heterocycles. The van der Waals surface area contributed by atoms with Gasteiger partial charge in [-0.3, -0.25) is 0 Å². The number of sulfonamides is 1. The summed E-state index contributed by atoms with van der Waals surface area (Å²) in [5.74, 6) is -0.761. The molecule has 1 unspecified atom stereocenters. The molecule has 0 spiro atoms. The third-order valence-corrected chi connectivity index (χ3v) is 5.90. The Morgan fingerprint density at radius 3 is 2.62 bits per heavy atom. The molecule has 1 saturated carbocycles. The number of hydrogen-bond donors (Lipinski definition) is 2. The minimum atomic E-state index is -3.91. The van der Waals surface area contributed by atoms with Crippen molar-refractivity contribution >= 4 is 15.7 Å². The number of hydrogen-bond acceptors (Lipinski definition) is 3. The molecule has 0 radical (unpaired) electrons. The van der Waals surface area contributed by atoms with Crippen LogP contribution in [0.5, 0.6) is 0 Å². The van der Waals surface area contributed by atoms with E-state index < -0.39 is 15.8 Å². The third-order valence-electron chi connectivity index (χ3n) is 4.41. The van der Waals surface area contributed by atoms with E-state index in [9.17, 15) is 12.8 Å². The van der Waals surface area contributed by atoms with Crippen LogP contribution in [0, 0.1) is 18.2 Å². The fourth-order valence-electron chi connectivity index (χ4n) is 2.84. The van der Waals surface area contributed by atoms with Crippen molar-refractivity contribution in [2.75, 3.05) is 5.73 Å². The smallest absolute Gasteiger partial charge is 0.243 e. The molecule has 1 aliphatic rings. The quantitative estimate of drug-likeness (QED) is 0.843. The van der Waals surface area contributed by atoms with E-state index in [1.165, 1.54) is 6.07 Å². The average molecular weight is 314 g/mol. The fourth-order valence-corrected chi connectivity index (χ4v) is 4.37. The number of halogens is 1. The van der Waals surface area contributed by atoms with Crippen molar-refractivity contribution in [2.24, 2.45) is 5.41 Å². The second-order valence-electron chi connectivity index (χ2n) is 6.55. The van der Waals surface area contributed by atoms with Gasteiger partial charge in [0.15, 0.2) is 0 Å².